The smallest absolute Gasteiger partial charge is 0.124 e. The van der Waals surface area contributed by atoms with Crippen LogP contribution in [0.25, 0.3) is 0 Å². The van der Waals surface area contributed by atoms with E-state index in [2.05, 4.69) is 5.32 Å². The number of benzene rings is 2. The SMILES string of the molecule is CNC(c1cc(F)ccc1Cl)c1ccc(C)cc1OC. The van der Waals surface area contributed by atoms with Crippen molar-refractivity contribution in [2.75, 3.05) is 14.2 Å². The van der Waals surface area contributed by atoms with Crippen LogP contribution in [0.4, 0.5) is 4.39 Å². The van der Waals surface area contributed by atoms with Gasteiger partial charge in [-0.15, -0.1) is 0 Å². The lowest BCUT2D eigenvalue weighted by molar-refractivity contribution is 0.405. The molecule has 0 bridgehead atoms. The van der Waals surface area contributed by atoms with Crippen LogP contribution in [0.1, 0.15) is 22.7 Å². The molecule has 0 saturated heterocycles. The lowest BCUT2D eigenvalue weighted by atomic mass is 9.96. The first kappa shape index (κ1) is 14.8. The van der Waals surface area contributed by atoms with Crippen LogP contribution in [0.5, 0.6) is 5.75 Å². The van der Waals surface area contributed by atoms with Crippen molar-refractivity contribution < 1.29 is 9.13 Å². The Morgan fingerprint density at radius 1 is 1.15 bits per heavy atom. The van der Waals surface area contributed by atoms with Gasteiger partial charge >= 0.3 is 0 Å². The maximum Gasteiger partial charge on any atom is 0.124 e. The van der Waals surface area contributed by atoms with Gasteiger partial charge in [0.1, 0.15) is 11.6 Å². The number of rotatable bonds is 4. The normalized spacial score (nSPS) is 12.2. The first-order valence-corrected chi connectivity index (χ1v) is 6.71. The van der Waals surface area contributed by atoms with Gasteiger partial charge in [-0.05, 0) is 49.4 Å². The first-order chi connectivity index (χ1) is 9.56. The minimum Gasteiger partial charge on any atom is -0.496 e. The molecule has 2 aromatic carbocycles. The average Bonchev–Trinajstić information content (AvgIpc) is 2.44. The fourth-order valence-corrected chi connectivity index (χ4v) is 2.50. The summed E-state index contributed by atoms with van der Waals surface area (Å²) in [5.74, 6) is 0.445. The fraction of sp³-hybridized carbons (Fsp3) is 0.250. The predicted octanol–water partition coefficient (Wildman–Crippen LogP) is 4.10. The standard InChI is InChI=1S/C16H17ClFNO/c1-10-4-6-12(15(8-10)20-3)16(19-2)13-9-11(18)5-7-14(13)17/h4-9,16,19H,1-3H3. The summed E-state index contributed by atoms with van der Waals surface area (Å²) in [7, 11) is 3.43. The van der Waals surface area contributed by atoms with Crippen molar-refractivity contribution >= 4 is 11.6 Å². The molecule has 0 fully saturated rings. The number of halogens is 2. The molecule has 0 amide bonds. The second kappa shape index (κ2) is 6.25. The van der Waals surface area contributed by atoms with Crippen molar-refractivity contribution in [2.24, 2.45) is 0 Å². The fourth-order valence-electron chi connectivity index (χ4n) is 2.27. The van der Waals surface area contributed by atoms with Gasteiger partial charge in [-0.3, -0.25) is 0 Å². The predicted molar refractivity (Wildman–Crippen MR) is 80.0 cm³/mol. The van der Waals surface area contributed by atoms with Gasteiger partial charge in [-0.25, -0.2) is 4.39 Å². The highest BCUT2D eigenvalue weighted by atomic mass is 35.5. The van der Waals surface area contributed by atoms with Crippen molar-refractivity contribution in [3.8, 4) is 5.75 Å². The van der Waals surface area contributed by atoms with Crippen LogP contribution in [-0.2, 0) is 0 Å². The Bertz CT molecular complexity index is 615. The summed E-state index contributed by atoms with van der Waals surface area (Å²) >= 11 is 6.20. The number of nitrogens with one attached hydrogen (secondary N) is 1. The highest BCUT2D eigenvalue weighted by Gasteiger charge is 2.19. The molecule has 0 heterocycles. The molecule has 1 unspecified atom stereocenters. The molecule has 0 saturated carbocycles. The third-order valence-electron chi connectivity index (χ3n) is 3.26. The second-order valence-electron chi connectivity index (χ2n) is 4.63. The Hall–Kier alpha value is -1.58. The molecular formula is C16H17ClFNO. The van der Waals surface area contributed by atoms with E-state index < -0.39 is 0 Å². The Morgan fingerprint density at radius 3 is 2.55 bits per heavy atom. The van der Waals surface area contributed by atoms with Crippen LogP contribution in [0.3, 0.4) is 0 Å². The zero-order chi connectivity index (χ0) is 14.7. The quantitative estimate of drug-likeness (QED) is 0.916. The number of hydrogen-bond acceptors (Lipinski definition) is 2. The average molecular weight is 294 g/mol. The molecular weight excluding hydrogens is 277 g/mol. The molecule has 0 aliphatic carbocycles. The topological polar surface area (TPSA) is 21.3 Å². The minimum absolute atomic E-state index is 0.228. The largest absolute Gasteiger partial charge is 0.496 e. The second-order valence-corrected chi connectivity index (χ2v) is 5.04. The number of aryl methyl sites for hydroxylation is 1. The molecule has 2 aromatic rings. The molecule has 2 nitrogen and oxygen atoms in total. The monoisotopic (exact) mass is 293 g/mol. The Labute approximate surface area is 123 Å². The lowest BCUT2D eigenvalue weighted by Crippen LogP contribution is -2.19. The third kappa shape index (κ3) is 2.94. The van der Waals surface area contributed by atoms with Crippen molar-refractivity contribution in [1.82, 2.24) is 5.32 Å². The van der Waals surface area contributed by atoms with E-state index >= 15 is 0 Å². The van der Waals surface area contributed by atoms with Crippen molar-refractivity contribution in [3.05, 3.63) is 63.9 Å². The molecule has 0 aromatic heterocycles. The van der Waals surface area contributed by atoms with Gasteiger partial charge in [0.05, 0.1) is 13.2 Å². The highest BCUT2D eigenvalue weighted by molar-refractivity contribution is 6.31. The molecule has 1 atom stereocenters. The number of hydrogen-bond donors (Lipinski definition) is 1. The zero-order valence-corrected chi connectivity index (χ0v) is 12.5. The summed E-state index contributed by atoms with van der Waals surface area (Å²) in [6.45, 7) is 2.00. The summed E-state index contributed by atoms with van der Waals surface area (Å²) < 4.78 is 18.9. The van der Waals surface area contributed by atoms with E-state index in [1.807, 2.05) is 32.2 Å². The summed E-state index contributed by atoms with van der Waals surface area (Å²) in [6.07, 6.45) is 0. The van der Waals surface area contributed by atoms with Crippen molar-refractivity contribution in [3.63, 3.8) is 0 Å². The molecule has 2 rings (SSSR count). The Balaban J connectivity index is 2.55. The molecule has 0 radical (unpaired) electrons. The minimum atomic E-state index is -0.310. The number of methoxy groups -OCH3 is 1. The molecule has 0 aliphatic heterocycles. The summed E-state index contributed by atoms with van der Waals surface area (Å²) in [5.41, 5.74) is 2.72. The van der Waals surface area contributed by atoms with E-state index in [4.69, 9.17) is 16.3 Å². The Morgan fingerprint density at radius 2 is 1.90 bits per heavy atom. The van der Waals surface area contributed by atoms with Crippen molar-refractivity contribution in [1.29, 1.82) is 0 Å². The van der Waals surface area contributed by atoms with Gasteiger partial charge in [0.25, 0.3) is 0 Å². The molecule has 20 heavy (non-hydrogen) atoms. The van der Waals surface area contributed by atoms with Crippen LogP contribution < -0.4 is 10.1 Å². The first-order valence-electron chi connectivity index (χ1n) is 6.33. The van der Waals surface area contributed by atoms with Gasteiger partial charge < -0.3 is 10.1 Å². The van der Waals surface area contributed by atoms with E-state index in [0.29, 0.717) is 10.6 Å². The van der Waals surface area contributed by atoms with Crippen LogP contribution in [0, 0.1) is 12.7 Å². The van der Waals surface area contributed by atoms with E-state index in [1.165, 1.54) is 12.1 Å². The Kier molecular flexibility index (Phi) is 4.63. The van der Waals surface area contributed by atoms with Gasteiger partial charge in [-0.1, -0.05) is 23.7 Å². The van der Waals surface area contributed by atoms with Crippen molar-refractivity contribution in [2.45, 2.75) is 13.0 Å². The highest BCUT2D eigenvalue weighted by Crippen LogP contribution is 2.34. The van der Waals surface area contributed by atoms with Gasteiger partial charge in [-0.2, -0.15) is 0 Å². The zero-order valence-electron chi connectivity index (χ0n) is 11.7. The van der Waals surface area contributed by atoms with Gasteiger partial charge in [0, 0.05) is 10.6 Å². The van der Waals surface area contributed by atoms with E-state index in [9.17, 15) is 4.39 Å². The third-order valence-corrected chi connectivity index (χ3v) is 3.60. The summed E-state index contributed by atoms with van der Waals surface area (Å²) in [5, 5.41) is 3.69. The molecule has 1 N–H and O–H groups in total. The number of ether oxygens (including phenoxy) is 1. The van der Waals surface area contributed by atoms with E-state index in [-0.39, 0.29) is 11.9 Å². The molecule has 0 spiro atoms. The maximum atomic E-state index is 13.5. The van der Waals surface area contributed by atoms with Crippen LogP contribution in [0.15, 0.2) is 36.4 Å². The molecule has 4 heteroatoms. The van der Waals surface area contributed by atoms with Crippen LogP contribution >= 0.6 is 11.6 Å². The van der Waals surface area contributed by atoms with E-state index in [0.717, 1.165) is 16.9 Å². The van der Waals surface area contributed by atoms with Gasteiger partial charge in [0.2, 0.25) is 0 Å². The molecule has 0 aliphatic rings. The molecule has 106 valence electrons. The van der Waals surface area contributed by atoms with E-state index in [1.54, 1.807) is 13.2 Å². The lowest BCUT2D eigenvalue weighted by Gasteiger charge is -2.21. The summed E-state index contributed by atoms with van der Waals surface area (Å²) in [6, 6.07) is 10.1. The maximum absolute atomic E-state index is 13.5. The van der Waals surface area contributed by atoms with Gasteiger partial charge in [0.15, 0.2) is 0 Å². The van der Waals surface area contributed by atoms with Crippen LogP contribution in [-0.4, -0.2) is 14.2 Å². The van der Waals surface area contributed by atoms with Crippen LogP contribution in [0.2, 0.25) is 5.02 Å². The summed E-state index contributed by atoms with van der Waals surface area (Å²) in [4.78, 5) is 0.